The smallest absolute Gasteiger partial charge is 0.164 e. The third-order valence-electron chi connectivity index (χ3n) is 8.06. The molecule has 1 fully saturated rings. The Balaban J connectivity index is 1.74. The summed E-state index contributed by atoms with van der Waals surface area (Å²) in [6, 6.07) is 8.76. The molecule has 1 heterocycles. The lowest BCUT2D eigenvalue weighted by molar-refractivity contribution is -0.117. The molecule has 2 aliphatic rings. The summed E-state index contributed by atoms with van der Waals surface area (Å²) in [7, 11) is 1.78. The van der Waals surface area contributed by atoms with Gasteiger partial charge in [-0.3, -0.25) is 9.79 Å². The molecule has 1 aliphatic carbocycles. The minimum atomic E-state index is -0.936. The first-order valence-electron chi connectivity index (χ1n) is 16.0. The number of allylic oxidation sites excluding steroid dienone is 10. The zero-order valence-corrected chi connectivity index (χ0v) is 26.8. The molecule has 0 bridgehead atoms. The highest BCUT2D eigenvalue weighted by Gasteiger charge is 2.44. The summed E-state index contributed by atoms with van der Waals surface area (Å²) >= 11 is 0. The number of unbranched alkanes of at least 4 members (excludes halogenated alkanes) is 1. The Morgan fingerprint density at radius 1 is 1.14 bits per heavy atom. The maximum absolute atomic E-state index is 13.5. The minimum Gasteiger partial charge on any atom is -0.371 e. The van der Waals surface area contributed by atoms with E-state index in [1.54, 1.807) is 7.05 Å². The zero-order valence-electron chi connectivity index (χ0n) is 26.8. The van der Waals surface area contributed by atoms with E-state index < -0.39 is 12.1 Å². The van der Waals surface area contributed by atoms with Crippen LogP contribution in [0.4, 0.5) is 4.39 Å². The first-order chi connectivity index (χ1) is 20.9. The highest BCUT2D eigenvalue weighted by atomic mass is 19.1. The number of nitrogens with zero attached hydrogens (tertiary/aromatic N) is 2. The Morgan fingerprint density at radius 3 is 2.58 bits per heavy atom. The van der Waals surface area contributed by atoms with Crippen LogP contribution in [0.2, 0.25) is 0 Å². The van der Waals surface area contributed by atoms with E-state index in [1.807, 2.05) is 18.4 Å². The van der Waals surface area contributed by atoms with Crippen LogP contribution >= 0.6 is 0 Å². The molecule has 0 unspecified atom stereocenters. The SMILES string of the molecule is C=CC\C=C(/C=C(C)/C(=C\C=N/C)N1CC/C=C(\C(=O)[C@H]2C[C@@H]2F)CCC1)c1ccc(/C=C/CC/C=C(/C)CCC)cc1. The molecule has 0 spiro atoms. The Hall–Kier alpha value is -3.53. The van der Waals surface area contributed by atoms with Gasteiger partial charge in [-0.05, 0) is 105 Å². The predicted molar refractivity (Wildman–Crippen MR) is 184 cm³/mol. The fourth-order valence-corrected chi connectivity index (χ4v) is 5.54. The lowest BCUT2D eigenvalue weighted by Gasteiger charge is -2.29. The third-order valence-corrected chi connectivity index (χ3v) is 8.06. The van der Waals surface area contributed by atoms with Gasteiger partial charge in [0.2, 0.25) is 0 Å². The van der Waals surface area contributed by atoms with Crippen molar-refractivity contribution in [1.29, 1.82) is 0 Å². The van der Waals surface area contributed by atoms with Crippen molar-refractivity contribution in [3.8, 4) is 0 Å². The third kappa shape index (κ3) is 11.2. The van der Waals surface area contributed by atoms with Gasteiger partial charge in [0.05, 0.1) is 5.92 Å². The number of rotatable bonds is 15. The van der Waals surface area contributed by atoms with Gasteiger partial charge in [-0.1, -0.05) is 79.6 Å². The van der Waals surface area contributed by atoms with Crippen molar-refractivity contribution in [2.75, 3.05) is 20.1 Å². The number of aliphatic imine (C=N–C) groups is 1. The molecule has 0 N–H and O–H groups in total. The van der Waals surface area contributed by atoms with Gasteiger partial charge in [-0.25, -0.2) is 4.39 Å². The van der Waals surface area contributed by atoms with Crippen LogP contribution in [0.5, 0.6) is 0 Å². The number of benzene rings is 1. The highest BCUT2D eigenvalue weighted by Crippen LogP contribution is 2.37. The van der Waals surface area contributed by atoms with Gasteiger partial charge in [0.15, 0.2) is 5.78 Å². The van der Waals surface area contributed by atoms with Crippen molar-refractivity contribution in [2.24, 2.45) is 10.9 Å². The van der Waals surface area contributed by atoms with E-state index in [4.69, 9.17) is 0 Å². The van der Waals surface area contributed by atoms with E-state index in [2.05, 4.69) is 98.0 Å². The number of Topliss-reactive ketones (excluding diaryl/α,β-unsaturated/α-hetero) is 1. The van der Waals surface area contributed by atoms with E-state index in [0.717, 1.165) is 67.6 Å². The zero-order chi connectivity index (χ0) is 31.0. The summed E-state index contributed by atoms with van der Waals surface area (Å²) in [6.07, 6.45) is 26.3. The van der Waals surface area contributed by atoms with Crippen LogP contribution in [-0.4, -0.2) is 43.2 Å². The molecular weight excluding hydrogens is 531 g/mol. The molecule has 0 saturated heterocycles. The molecule has 230 valence electrons. The van der Waals surface area contributed by atoms with Crippen molar-refractivity contribution in [2.45, 2.75) is 84.7 Å². The predicted octanol–water partition coefficient (Wildman–Crippen LogP) is 10.1. The summed E-state index contributed by atoms with van der Waals surface area (Å²) in [5.74, 6) is -0.366. The largest absolute Gasteiger partial charge is 0.371 e. The summed E-state index contributed by atoms with van der Waals surface area (Å²) < 4.78 is 13.5. The fourth-order valence-electron chi connectivity index (χ4n) is 5.54. The van der Waals surface area contributed by atoms with Gasteiger partial charge in [0.1, 0.15) is 6.17 Å². The van der Waals surface area contributed by atoms with E-state index in [1.165, 1.54) is 29.5 Å². The first-order valence-corrected chi connectivity index (χ1v) is 16.0. The highest BCUT2D eigenvalue weighted by molar-refractivity contribution is 5.99. The molecule has 0 aromatic heterocycles. The Labute approximate surface area is 260 Å². The summed E-state index contributed by atoms with van der Waals surface area (Å²) in [5.41, 5.74) is 8.13. The quantitative estimate of drug-likeness (QED) is 0.0892. The Bertz CT molecular complexity index is 1290. The van der Waals surface area contributed by atoms with Gasteiger partial charge in [0, 0.05) is 32.0 Å². The van der Waals surface area contributed by atoms with Crippen LogP contribution in [0.1, 0.15) is 89.7 Å². The Morgan fingerprint density at radius 2 is 1.91 bits per heavy atom. The van der Waals surface area contributed by atoms with Gasteiger partial charge in [-0.15, -0.1) is 6.58 Å². The topological polar surface area (TPSA) is 32.7 Å². The molecule has 2 atom stereocenters. The number of hydrogen-bond acceptors (Lipinski definition) is 3. The van der Waals surface area contributed by atoms with E-state index in [0.29, 0.717) is 12.8 Å². The van der Waals surface area contributed by atoms with E-state index in [-0.39, 0.29) is 5.78 Å². The van der Waals surface area contributed by atoms with Crippen molar-refractivity contribution in [3.05, 3.63) is 107 Å². The number of hydrogen-bond donors (Lipinski definition) is 0. The molecule has 1 saturated carbocycles. The number of halogens is 1. The Kier molecular flexibility index (Phi) is 14.4. The van der Waals surface area contributed by atoms with Crippen molar-refractivity contribution in [3.63, 3.8) is 0 Å². The normalized spacial score (nSPS) is 22.0. The number of ketones is 1. The maximum atomic E-state index is 13.5. The molecule has 43 heavy (non-hydrogen) atoms. The molecule has 3 rings (SSSR count). The second-order valence-electron chi connectivity index (χ2n) is 11.7. The molecule has 1 aromatic rings. The molecular formula is C39H51FN2O. The first kappa shape index (κ1) is 34.0. The molecule has 3 nitrogen and oxygen atoms in total. The van der Waals surface area contributed by atoms with Crippen LogP contribution in [0, 0.1) is 5.92 Å². The monoisotopic (exact) mass is 582 g/mol. The average Bonchev–Trinajstić information content (AvgIpc) is 3.72. The second kappa shape index (κ2) is 18.2. The standard InChI is InChI=1S/C39H51FN2O/c1-6-8-17-35(33-22-20-32(21-23-33)16-11-9-10-15-30(3)14-7-2)28-31(4)38(24-25-41-5)42-26-12-18-34(19-13-27-42)39(43)36-29-37(36)40/h6,11,15-18,20-25,28,36-37H,1,7-10,12-14,19,26-27,29H2,2-5H3/b16-11+,30-15-,31-28+,34-18-,35-17+,38-24+,41-25-/t36-,37-/m0/s1. The van der Waals surface area contributed by atoms with E-state index >= 15 is 0 Å². The number of alkyl halides is 1. The van der Waals surface area contributed by atoms with Gasteiger partial charge in [0.25, 0.3) is 0 Å². The van der Waals surface area contributed by atoms with Gasteiger partial charge < -0.3 is 4.90 Å². The summed E-state index contributed by atoms with van der Waals surface area (Å²) in [6.45, 7) is 12.2. The summed E-state index contributed by atoms with van der Waals surface area (Å²) in [5, 5.41) is 0. The van der Waals surface area contributed by atoms with Crippen LogP contribution in [-0.2, 0) is 4.79 Å². The van der Waals surface area contributed by atoms with Gasteiger partial charge in [-0.2, -0.15) is 0 Å². The fraction of sp³-hybridized carbons (Fsp3) is 0.436. The van der Waals surface area contributed by atoms with Crippen molar-refractivity contribution < 1.29 is 9.18 Å². The second-order valence-corrected chi connectivity index (χ2v) is 11.7. The molecule has 1 aliphatic heterocycles. The lowest BCUT2D eigenvalue weighted by Crippen LogP contribution is -2.28. The number of carbonyl (C=O) groups is 1. The molecule has 4 heteroatoms. The maximum Gasteiger partial charge on any atom is 0.164 e. The molecule has 0 radical (unpaired) electrons. The van der Waals surface area contributed by atoms with E-state index in [9.17, 15) is 9.18 Å². The minimum absolute atomic E-state index is 0.0269. The van der Waals surface area contributed by atoms with Crippen LogP contribution in [0.3, 0.4) is 0 Å². The van der Waals surface area contributed by atoms with Gasteiger partial charge >= 0.3 is 0 Å². The average molecular weight is 583 g/mol. The van der Waals surface area contributed by atoms with Crippen LogP contribution in [0.15, 0.2) is 101 Å². The van der Waals surface area contributed by atoms with Crippen molar-refractivity contribution >= 4 is 23.6 Å². The summed E-state index contributed by atoms with van der Waals surface area (Å²) in [4.78, 5) is 19.2. The number of carbonyl (C=O) groups excluding carboxylic acids is 1. The van der Waals surface area contributed by atoms with Crippen LogP contribution < -0.4 is 0 Å². The van der Waals surface area contributed by atoms with Crippen molar-refractivity contribution in [1.82, 2.24) is 4.90 Å². The van der Waals surface area contributed by atoms with Crippen LogP contribution in [0.25, 0.3) is 11.6 Å². The molecule has 1 aromatic carbocycles. The lowest BCUT2D eigenvalue weighted by atomic mass is 9.97. The molecule has 0 amide bonds.